The molecule has 144 valence electrons. The molecule has 0 fully saturated rings. The number of rotatable bonds is 4. The molecule has 0 unspecified atom stereocenters. The Morgan fingerprint density at radius 2 is 1.96 bits per heavy atom. The topological polar surface area (TPSA) is 45.2 Å². The third-order valence-corrected chi connectivity index (χ3v) is 4.53. The van der Waals surface area contributed by atoms with Gasteiger partial charge in [-0.2, -0.15) is 0 Å². The fourth-order valence-corrected chi connectivity index (χ4v) is 3.26. The van der Waals surface area contributed by atoms with Gasteiger partial charge in [-0.1, -0.05) is 26.8 Å². The summed E-state index contributed by atoms with van der Waals surface area (Å²) in [5.41, 5.74) is 3.39. The van der Waals surface area contributed by atoms with Gasteiger partial charge < -0.3 is 10.2 Å². The maximum atomic E-state index is 13.5. The standard InChI is InChI=1S/C21H25F2N3O/c1-13-9-18-17(24-20(13)25-19(27)11-21(2,3)4)7-8-26(18)12-14-5-6-15(22)16(23)10-14/h5-6,9-10H,7-8,11-12H2,1-4H3,(H,24,25,27). The van der Waals surface area contributed by atoms with Crippen LogP contribution in [0.3, 0.4) is 0 Å². The highest BCUT2D eigenvalue weighted by molar-refractivity contribution is 5.91. The van der Waals surface area contributed by atoms with Crippen LogP contribution in [-0.4, -0.2) is 17.4 Å². The number of halogens is 2. The van der Waals surface area contributed by atoms with Crippen molar-refractivity contribution >= 4 is 17.4 Å². The maximum Gasteiger partial charge on any atom is 0.226 e. The number of anilines is 2. The molecule has 0 atom stereocenters. The molecule has 4 nitrogen and oxygen atoms in total. The van der Waals surface area contributed by atoms with Crippen LogP contribution in [0.2, 0.25) is 0 Å². The monoisotopic (exact) mass is 373 g/mol. The number of hydrogen-bond acceptors (Lipinski definition) is 3. The molecule has 1 aliphatic rings. The second-order valence-electron chi connectivity index (χ2n) is 8.33. The van der Waals surface area contributed by atoms with Gasteiger partial charge in [-0.05, 0) is 41.7 Å². The van der Waals surface area contributed by atoms with Crippen LogP contribution in [0.5, 0.6) is 0 Å². The number of amides is 1. The van der Waals surface area contributed by atoms with Gasteiger partial charge in [0.15, 0.2) is 11.6 Å². The smallest absolute Gasteiger partial charge is 0.226 e. The van der Waals surface area contributed by atoms with E-state index in [0.717, 1.165) is 36.0 Å². The Hall–Kier alpha value is -2.50. The van der Waals surface area contributed by atoms with Crippen molar-refractivity contribution < 1.29 is 13.6 Å². The van der Waals surface area contributed by atoms with Gasteiger partial charge in [-0.15, -0.1) is 0 Å². The van der Waals surface area contributed by atoms with Crippen LogP contribution in [0.4, 0.5) is 20.3 Å². The lowest BCUT2D eigenvalue weighted by molar-refractivity contribution is -0.117. The van der Waals surface area contributed by atoms with E-state index in [1.165, 1.54) is 6.07 Å². The first-order valence-electron chi connectivity index (χ1n) is 9.11. The molecule has 1 aliphatic heterocycles. The summed E-state index contributed by atoms with van der Waals surface area (Å²) < 4.78 is 26.6. The maximum absolute atomic E-state index is 13.5. The molecule has 2 heterocycles. The summed E-state index contributed by atoms with van der Waals surface area (Å²) in [6, 6.07) is 5.98. The first-order chi connectivity index (χ1) is 12.6. The molecule has 1 amide bonds. The first-order valence-corrected chi connectivity index (χ1v) is 9.11. The van der Waals surface area contributed by atoms with Crippen LogP contribution >= 0.6 is 0 Å². The number of aryl methyl sites for hydroxylation is 1. The highest BCUT2D eigenvalue weighted by Gasteiger charge is 2.24. The number of nitrogens with one attached hydrogen (secondary N) is 1. The summed E-state index contributed by atoms with van der Waals surface area (Å²) in [7, 11) is 0. The predicted molar refractivity (Wildman–Crippen MR) is 103 cm³/mol. The molecule has 0 aliphatic carbocycles. The number of pyridine rings is 1. The zero-order valence-electron chi connectivity index (χ0n) is 16.2. The Morgan fingerprint density at radius 3 is 2.63 bits per heavy atom. The van der Waals surface area contributed by atoms with Gasteiger partial charge >= 0.3 is 0 Å². The van der Waals surface area contributed by atoms with E-state index in [1.807, 2.05) is 33.8 Å². The molecule has 0 saturated heterocycles. The Kier molecular flexibility index (Phi) is 5.18. The van der Waals surface area contributed by atoms with Crippen LogP contribution in [-0.2, 0) is 17.8 Å². The summed E-state index contributed by atoms with van der Waals surface area (Å²) >= 11 is 0. The molecule has 0 radical (unpaired) electrons. The molecule has 1 aromatic carbocycles. The van der Waals surface area contributed by atoms with Crippen molar-refractivity contribution in [2.45, 2.75) is 47.1 Å². The Labute approximate surface area is 158 Å². The van der Waals surface area contributed by atoms with E-state index >= 15 is 0 Å². The van der Waals surface area contributed by atoms with Gasteiger partial charge in [0.05, 0.1) is 11.4 Å². The van der Waals surface area contributed by atoms with Gasteiger partial charge in [-0.25, -0.2) is 13.8 Å². The predicted octanol–water partition coefficient (Wildman–Crippen LogP) is 4.61. The number of benzene rings is 1. The number of carbonyl (C=O) groups excluding carboxylic acids is 1. The van der Waals surface area contributed by atoms with Gasteiger partial charge in [-0.3, -0.25) is 4.79 Å². The highest BCUT2D eigenvalue weighted by Crippen LogP contribution is 2.32. The molecule has 1 N–H and O–H groups in total. The largest absolute Gasteiger partial charge is 0.365 e. The normalized spacial score (nSPS) is 13.6. The van der Waals surface area contributed by atoms with Crippen molar-refractivity contribution in [1.82, 2.24) is 4.98 Å². The van der Waals surface area contributed by atoms with Crippen LogP contribution < -0.4 is 10.2 Å². The van der Waals surface area contributed by atoms with Crippen molar-refractivity contribution in [3.63, 3.8) is 0 Å². The first kappa shape index (κ1) is 19.3. The number of nitrogens with zero attached hydrogens (tertiary/aromatic N) is 2. The third-order valence-electron chi connectivity index (χ3n) is 4.53. The highest BCUT2D eigenvalue weighted by atomic mass is 19.2. The van der Waals surface area contributed by atoms with E-state index in [4.69, 9.17) is 0 Å². The summed E-state index contributed by atoms with van der Waals surface area (Å²) in [5, 5.41) is 2.91. The molecule has 0 saturated carbocycles. The molecule has 0 spiro atoms. The number of carbonyl (C=O) groups is 1. The summed E-state index contributed by atoms with van der Waals surface area (Å²) in [5.74, 6) is -1.13. The van der Waals surface area contributed by atoms with Crippen molar-refractivity contribution in [2.75, 3.05) is 16.8 Å². The van der Waals surface area contributed by atoms with Crippen molar-refractivity contribution in [3.8, 4) is 0 Å². The van der Waals surface area contributed by atoms with E-state index in [9.17, 15) is 13.6 Å². The number of fused-ring (bicyclic) bond motifs is 1. The minimum atomic E-state index is -0.839. The third kappa shape index (κ3) is 4.62. The minimum absolute atomic E-state index is 0.0466. The van der Waals surface area contributed by atoms with Crippen molar-refractivity contribution in [2.24, 2.45) is 5.41 Å². The van der Waals surface area contributed by atoms with Crippen LogP contribution in [0.1, 0.15) is 44.0 Å². The average Bonchev–Trinajstić information content (AvgIpc) is 2.91. The Bertz CT molecular complexity index is 874. The molecule has 2 aromatic rings. The number of aromatic nitrogens is 1. The average molecular weight is 373 g/mol. The van der Waals surface area contributed by atoms with Crippen LogP contribution in [0.25, 0.3) is 0 Å². The number of hydrogen-bond donors (Lipinski definition) is 1. The molecule has 27 heavy (non-hydrogen) atoms. The van der Waals surface area contributed by atoms with Gasteiger partial charge in [0.1, 0.15) is 5.82 Å². The van der Waals surface area contributed by atoms with E-state index in [-0.39, 0.29) is 11.3 Å². The molecule has 0 bridgehead atoms. The fourth-order valence-electron chi connectivity index (χ4n) is 3.26. The zero-order chi connectivity index (χ0) is 19.8. The van der Waals surface area contributed by atoms with Gasteiger partial charge in [0, 0.05) is 25.9 Å². The van der Waals surface area contributed by atoms with Crippen LogP contribution in [0.15, 0.2) is 24.3 Å². The Balaban J connectivity index is 1.76. The lowest BCUT2D eigenvalue weighted by Gasteiger charge is -2.21. The molecular formula is C21H25F2N3O. The fraction of sp³-hybridized carbons (Fsp3) is 0.429. The minimum Gasteiger partial charge on any atom is -0.365 e. The Morgan fingerprint density at radius 1 is 1.22 bits per heavy atom. The second-order valence-corrected chi connectivity index (χ2v) is 8.33. The van der Waals surface area contributed by atoms with Gasteiger partial charge in [0.2, 0.25) is 5.91 Å². The SMILES string of the molecule is Cc1cc2c(nc1NC(=O)CC(C)(C)C)CCN2Cc1ccc(F)c(F)c1. The van der Waals surface area contributed by atoms with Crippen molar-refractivity contribution in [3.05, 3.63) is 52.7 Å². The van der Waals surface area contributed by atoms with E-state index in [2.05, 4.69) is 15.2 Å². The van der Waals surface area contributed by atoms with Crippen molar-refractivity contribution in [1.29, 1.82) is 0 Å². The quantitative estimate of drug-likeness (QED) is 0.852. The van der Waals surface area contributed by atoms with E-state index < -0.39 is 11.6 Å². The van der Waals surface area contributed by atoms with E-state index in [1.54, 1.807) is 6.07 Å². The zero-order valence-corrected chi connectivity index (χ0v) is 16.2. The summed E-state index contributed by atoms with van der Waals surface area (Å²) in [4.78, 5) is 19.0. The molecule has 3 rings (SSSR count). The summed E-state index contributed by atoms with van der Waals surface area (Å²) in [6.45, 7) is 9.21. The van der Waals surface area contributed by atoms with Gasteiger partial charge in [0.25, 0.3) is 0 Å². The van der Waals surface area contributed by atoms with E-state index in [0.29, 0.717) is 24.3 Å². The molecule has 1 aromatic heterocycles. The lowest BCUT2D eigenvalue weighted by Crippen LogP contribution is -2.21. The lowest BCUT2D eigenvalue weighted by atomic mass is 9.92. The van der Waals surface area contributed by atoms with Crippen LogP contribution in [0, 0.1) is 24.0 Å². The molecule has 6 heteroatoms. The summed E-state index contributed by atoms with van der Waals surface area (Å²) in [6.07, 6.45) is 1.18. The molecular weight excluding hydrogens is 348 g/mol. The second kappa shape index (κ2) is 7.25.